The van der Waals surface area contributed by atoms with Crippen LogP contribution in [0.5, 0.6) is 0 Å². The Bertz CT molecular complexity index is 727. The van der Waals surface area contributed by atoms with Gasteiger partial charge in [-0.3, -0.25) is 4.99 Å². The zero-order valence-corrected chi connectivity index (χ0v) is 19.4. The highest BCUT2D eigenvalue weighted by Gasteiger charge is 2.66. The molecule has 3 atom stereocenters. The van der Waals surface area contributed by atoms with Crippen molar-refractivity contribution in [1.82, 2.24) is 10.2 Å². The Kier molecular flexibility index (Phi) is 5.80. The normalized spacial score (nSPS) is 30.9. The summed E-state index contributed by atoms with van der Waals surface area (Å²) in [6, 6.07) is 9.40. The highest BCUT2D eigenvalue weighted by Crippen LogP contribution is 2.62. The molecule has 1 N–H and O–H groups in total. The van der Waals surface area contributed by atoms with Crippen molar-refractivity contribution in [2.24, 2.45) is 16.3 Å². The van der Waals surface area contributed by atoms with Crippen LogP contribution in [-0.4, -0.2) is 62.8 Å². The van der Waals surface area contributed by atoms with Crippen LogP contribution in [0.25, 0.3) is 0 Å². The third kappa shape index (κ3) is 3.20. The van der Waals surface area contributed by atoms with Gasteiger partial charge in [0.15, 0.2) is 5.96 Å². The van der Waals surface area contributed by atoms with Crippen LogP contribution in [0, 0.1) is 18.3 Å². The lowest BCUT2D eigenvalue weighted by Gasteiger charge is -2.63. The van der Waals surface area contributed by atoms with Gasteiger partial charge in [-0.15, -0.1) is 24.0 Å². The molecule has 2 heterocycles. The van der Waals surface area contributed by atoms with E-state index < -0.39 is 0 Å². The first-order valence-corrected chi connectivity index (χ1v) is 10.6. The van der Waals surface area contributed by atoms with Gasteiger partial charge < -0.3 is 19.9 Å². The first-order chi connectivity index (χ1) is 13.2. The van der Waals surface area contributed by atoms with Crippen LogP contribution in [0.15, 0.2) is 29.3 Å². The van der Waals surface area contributed by atoms with Crippen LogP contribution in [0.2, 0.25) is 0 Å². The maximum atomic E-state index is 6.07. The first-order valence-electron chi connectivity index (χ1n) is 10.6. The summed E-state index contributed by atoms with van der Waals surface area (Å²) in [7, 11) is 1.93. The number of benzene rings is 1. The van der Waals surface area contributed by atoms with Gasteiger partial charge in [0.25, 0.3) is 0 Å². The minimum atomic E-state index is 0. The van der Waals surface area contributed by atoms with Crippen molar-refractivity contribution in [1.29, 1.82) is 0 Å². The number of ether oxygens (including phenoxy) is 1. The number of guanidine groups is 1. The zero-order chi connectivity index (χ0) is 18.4. The van der Waals surface area contributed by atoms with Crippen molar-refractivity contribution < 1.29 is 4.74 Å². The lowest BCUT2D eigenvalue weighted by molar-refractivity contribution is -0.171. The van der Waals surface area contributed by atoms with Gasteiger partial charge in [0.1, 0.15) is 0 Å². The average molecular weight is 496 g/mol. The monoisotopic (exact) mass is 496 g/mol. The van der Waals surface area contributed by atoms with Crippen LogP contribution >= 0.6 is 24.0 Å². The number of piperazine rings is 1. The van der Waals surface area contributed by atoms with Crippen LogP contribution in [0.3, 0.4) is 0 Å². The summed E-state index contributed by atoms with van der Waals surface area (Å²) in [6.45, 7) is 7.27. The predicted octanol–water partition coefficient (Wildman–Crippen LogP) is 3.27. The van der Waals surface area contributed by atoms with E-state index in [0.717, 1.165) is 38.7 Å². The second kappa shape index (κ2) is 8.01. The largest absolute Gasteiger partial charge is 0.377 e. The molecule has 6 heteroatoms. The number of fused-ring (bicyclic) bond motifs is 2. The molecule has 1 aromatic rings. The van der Waals surface area contributed by atoms with E-state index in [1.54, 1.807) is 0 Å². The quantitative estimate of drug-likeness (QED) is 0.388. The van der Waals surface area contributed by atoms with E-state index in [2.05, 4.69) is 51.3 Å². The molecule has 2 aliphatic heterocycles. The zero-order valence-electron chi connectivity index (χ0n) is 17.1. The van der Waals surface area contributed by atoms with E-state index in [9.17, 15) is 0 Å². The Labute approximate surface area is 185 Å². The van der Waals surface area contributed by atoms with Gasteiger partial charge in [-0.25, -0.2) is 0 Å². The Morgan fingerprint density at radius 3 is 2.64 bits per heavy atom. The van der Waals surface area contributed by atoms with Crippen LogP contribution < -0.4 is 10.2 Å². The fourth-order valence-corrected chi connectivity index (χ4v) is 5.89. The molecule has 5 nitrogen and oxygen atoms in total. The molecule has 2 saturated carbocycles. The topological polar surface area (TPSA) is 40.1 Å². The molecular weight excluding hydrogens is 463 g/mol. The second-order valence-electron chi connectivity index (χ2n) is 8.81. The van der Waals surface area contributed by atoms with E-state index in [1.807, 2.05) is 7.05 Å². The van der Waals surface area contributed by atoms with E-state index in [0.29, 0.717) is 23.5 Å². The molecule has 3 unspecified atom stereocenters. The number of hydrogen-bond acceptors (Lipinski definition) is 3. The third-order valence-electron chi connectivity index (χ3n) is 7.48. The summed E-state index contributed by atoms with van der Waals surface area (Å²) in [4.78, 5) is 9.60. The minimum Gasteiger partial charge on any atom is -0.377 e. The molecule has 4 fully saturated rings. The number of hydrogen-bond donors (Lipinski definition) is 1. The summed E-state index contributed by atoms with van der Waals surface area (Å²) in [5.41, 5.74) is 3.08. The van der Waals surface area contributed by atoms with Crippen LogP contribution in [-0.2, 0) is 4.74 Å². The van der Waals surface area contributed by atoms with Gasteiger partial charge in [-0.05, 0) is 43.9 Å². The first kappa shape index (κ1) is 20.3. The molecule has 0 amide bonds. The maximum Gasteiger partial charge on any atom is 0.194 e. The van der Waals surface area contributed by atoms with Gasteiger partial charge in [0.2, 0.25) is 0 Å². The second-order valence-corrected chi connectivity index (χ2v) is 8.81. The van der Waals surface area contributed by atoms with Gasteiger partial charge in [-0.1, -0.05) is 18.6 Å². The molecule has 1 aromatic carbocycles. The Balaban J connectivity index is 0.00000192. The molecule has 2 aliphatic carbocycles. The summed E-state index contributed by atoms with van der Waals surface area (Å²) >= 11 is 0. The average Bonchev–Trinajstić information content (AvgIpc) is 3.06. The molecule has 0 aromatic heterocycles. The molecular formula is C22H33IN4O. The molecule has 1 spiro atoms. The number of halogens is 1. The third-order valence-corrected chi connectivity index (χ3v) is 7.48. The number of aryl methyl sites for hydroxylation is 1. The predicted molar refractivity (Wildman–Crippen MR) is 125 cm³/mol. The standard InChI is InChI=1S/C22H32N4O.HI/c1-16-5-3-6-17(15-16)25-10-12-26(13-11-25)21(23-2)24-19-18-7-14-27-20(18)22(19)8-4-9-22;/h3,5-6,15,18-20H,4,7-14H2,1-2H3,(H,23,24);1H. The molecule has 154 valence electrons. The fraction of sp³-hybridized carbons (Fsp3) is 0.682. The molecule has 2 saturated heterocycles. The van der Waals surface area contributed by atoms with Crippen molar-refractivity contribution in [3.05, 3.63) is 29.8 Å². The highest BCUT2D eigenvalue weighted by atomic mass is 127. The van der Waals surface area contributed by atoms with E-state index in [1.165, 1.54) is 36.9 Å². The summed E-state index contributed by atoms with van der Waals surface area (Å²) in [6.07, 6.45) is 5.73. The highest BCUT2D eigenvalue weighted by molar-refractivity contribution is 14.0. The summed E-state index contributed by atoms with van der Waals surface area (Å²) in [5, 5.41) is 3.88. The van der Waals surface area contributed by atoms with Gasteiger partial charge in [0.05, 0.1) is 6.10 Å². The smallest absolute Gasteiger partial charge is 0.194 e. The van der Waals surface area contributed by atoms with Gasteiger partial charge in [0, 0.05) is 62.9 Å². The number of aliphatic imine (C=N–C) groups is 1. The minimum absolute atomic E-state index is 0. The Hall–Kier alpha value is -1.02. The Morgan fingerprint density at radius 2 is 2.00 bits per heavy atom. The Morgan fingerprint density at radius 1 is 1.21 bits per heavy atom. The van der Waals surface area contributed by atoms with Crippen LogP contribution in [0.1, 0.15) is 31.2 Å². The van der Waals surface area contributed by atoms with E-state index in [-0.39, 0.29) is 24.0 Å². The van der Waals surface area contributed by atoms with Crippen molar-refractivity contribution in [3.63, 3.8) is 0 Å². The van der Waals surface area contributed by atoms with Gasteiger partial charge >= 0.3 is 0 Å². The fourth-order valence-electron chi connectivity index (χ4n) is 5.89. The summed E-state index contributed by atoms with van der Waals surface area (Å²) in [5.74, 6) is 1.79. The van der Waals surface area contributed by atoms with Crippen molar-refractivity contribution >= 4 is 35.6 Å². The van der Waals surface area contributed by atoms with E-state index in [4.69, 9.17) is 4.74 Å². The molecule has 5 rings (SSSR count). The lowest BCUT2D eigenvalue weighted by Crippen LogP contribution is -2.73. The number of nitrogens with one attached hydrogen (secondary N) is 1. The van der Waals surface area contributed by atoms with Crippen molar-refractivity contribution in [2.45, 2.75) is 44.8 Å². The van der Waals surface area contributed by atoms with Crippen molar-refractivity contribution in [2.75, 3.05) is 44.7 Å². The number of nitrogens with zero attached hydrogens (tertiary/aromatic N) is 3. The van der Waals surface area contributed by atoms with Crippen LogP contribution in [0.4, 0.5) is 5.69 Å². The van der Waals surface area contributed by atoms with Crippen molar-refractivity contribution in [3.8, 4) is 0 Å². The summed E-state index contributed by atoms with van der Waals surface area (Å²) < 4.78 is 6.07. The number of rotatable bonds is 2. The van der Waals surface area contributed by atoms with E-state index >= 15 is 0 Å². The molecule has 28 heavy (non-hydrogen) atoms. The molecule has 4 aliphatic rings. The SMILES string of the molecule is CN=C(NC1C2CCOC2C12CCC2)N1CCN(c2cccc(C)c2)CC1.I. The molecule has 0 radical (unpaired) electrons. The van der Waals surface area contributed by atoms with Gasteiger partial charge in [-0.2, -0.15) is 0 Å². The maximum absolute atomic E-state index is 6.07. The number of anilines is 1. The lowest BCUT2D eigenvalue weighted by atomic mass is 9.46. The molecule has 0 bridgehead atoms.